The minimum absolute atomic E-state index is 0.0169. The highest BCUT2D eigenvalue weighted by molar-refractivity contribution is 6.08. The molecule has 0 bridgehead atoms. The van der Waals surface area contributed by atoms with Crippen LogP contribution in [0.3, 0.4) is 0 Å². The van der Waals surface area contributed by atoms with Gasteiger partial charge in [-0.1, -0.05) is 55.3 Å². The maximum absolute atomic E-state index is 12.4. The highest BCUT2D eigenvalue weighted by Crippen LogP contribution is 2.21. The van der Waals surface area contributed by atoms with Gasteiger partial charge in [-0.25, -0.2) is 14.4 Å². The van der Waals surface area contributed by atoms with Crippen LogP contribution in [0.4, 0.5) is 0 Å². The summed E-state index contributed by atoms with van der Waals surface area (Å²) < 4.78 is 20.0. The number of hydrogen-bond acceptors (Lipinski definition) is 8. The zero-order valence-corrected chi connectivity index (χ0v) is 19.8. The van der Waals surface area contributed by atoms with Crippen molar-refractivity contribution in [1.82, 2.24) is 0 Å². The van der Waals surface area contributed by atoms with E-state index < -0.39 is 29.6 Å². The van der Waals surface area contributed by atoms with E-state index in [-0.39, 0.29) is 26.4 Å². The van der Waals surface area contributed by atoms with Crippen molar-refractivity contribution in [2.75, 3.05) is 26.4 Å². The third-order valence-electron chi connectivity index (χ3n) is 4.71. The monoisotopic (exact) mass is 464 g/mol. The Balaban J connectivity index is 2.61. The second kappa shape index (κ2) is 16.0. The largest absolute Gasteiger partial charge is 0.464 e. The van der Waals surface area contributed by atoms with Crippen LogP contribution in [0, 0.1) is 0 Å². The number of ether oxygens (including phenoxy) is 4. The summed E-state index contributed by atoms with van der Waals surface area (Å²) in [5.41, 5.74) is -1.79. The zero-order valence-electron chi connectivity index (χ0n) is 19.8. The molecule has 184 valence electrons. The molecule has 0 spiro atoms. The number of rotatable bonds is 16. The molecule has 33 heavy (non-hydrogen) atoms. The van der Waals surface area contributed by atoms with E-state index in [1.165, 1.54) is 13.8 Å². The molecular weight excluding hydrogens is 428 g/mol. The van der Waals surface area contributed by atoms with Crippen molar-refractivity contribution in [3.05, 3.63) is 42.0 Å². The lowest BCUT2D eigenvalue weighted by Crippen LogP contribution is -2.61. The van der Waals surface area contributed by atoms with Gasteiger partial charge in [-0.2, -0.15) is 0 Å². The second-order valence-electron chi connectivity index (χ2n) is 7.23. The lowest BCUT2D eigenvalue weighted by Gasteiger charge is -2.30. The average molecular weight is 465 g/mol. The Bertz CT molecular complexity index is 726. The van der Waals surface area contributed by atoms with E-state index in [4.69, 9.17) is 18.9 Å². The number of aliphatic hydroxyl groups is 1. The Labute approximate surface area is 195 Å². The third-order valence-corrected chi connectivity index (χ3v) is 4.71. The summed E-state index contributed by atoms with van der Waals surface area (Å²) >= 11 is 0. The fourth-order valence-corrected chi connectivity index (χ4v) is 3.06. The summed E-state index contributed by atoms with van der Waals surface area (Å²) in [6.07, 6.45) is 6.57. The Morgan fingerprint density at radius 2 is 1.45 bits per heavy atom. The lowest BCUT2D eigenvalue weighted by atomic mass is 9.96. The SMILES string of the molecule is CCOC(=O)C(OCCCCCCC=Cc1ccccc1)C(O)(C(=O)OCC)C(=O)OCC. The molecule has 1 aromatic rings. The molecule has 0 heterocycles. The van der Waals surface area contributed by atoms with Crippen LogP contribution in [0.25, 0.3) is 6.08 Å². The summed E-state index contributed by atoms with van der Waals surface area (Å²) in [5, 5.41) is 10.9. The van der Waals surface area contributed by atoms with E-state index in [1.807, 2.05) is 30.3 Å². The van der Waals surface area contributed by atoms with Gasteiger partial charge in [0.05, 0.1) is 19.8 Å². The van der Waals surface area contributed by atoms with Crippen molar-refractivity contribution in [2.45, 2.75) is 64.6 Å². The standard InChI is InChI=1S/C25H36O8/c1-4-30-22(26)21(25(29,23(27)31-5-2)24(28)32-6-3)33-19-15-10-8-7-9-12-16-20-17-13-11-14-18-20/h11-14,16-18,21,29H,4-10,15,19H2,1-3H3. The predicted molar refractivity (Wildman–Crippen MR) is 123 cm³/mol. The van der Waals surface area contributed by atoms with Gasteiger partial charge in [-0.15, -0.1) is 0 Å². The van der Waals surface area contributed by atoms with Crippen LogP contribution < -0.4 is 0 Å². The van der Waals surface area contributed by atoms with E-state index in [1.54, 1.807) is 6.92 Å². The summed E-state index contributed by atoms with van der Waals surface area (Å²) in [5.74, 6) is -3.66. The van der Waals surface area contributed by atoms with E-state index in [0.717, 1.165) is 31.2 Å². The molecule has 8 nitrogen and oxygen atoms in total. The first-order chi connectivity index (χ1) is 15.9. The summed E-state index contributed by atoms with van der Waals surface area (Å²) in [4.78, 5) is 37.2. The van der Waals surface area contributed by atoms with Gasteiger partial charge in [0.25, 0.3) is 5.60 Å². The first kappa shape index (κ1) is 28.3. The molecular formula is C25H36O8. The van der Waals surface area contributed by atoms with Crippen molar-refractivity contribution in [1.29, 1.82) is 0 Å². The fourth-order valence-electron chi connectivity index (χ4n) is 3.06. The Kier molecular flexibility index (Phi) is 13.7. The molecule has 0 fully saturated rings. The molecule has 0 aliphatic rings. The van der Waals surface area contributed by atoms with Crippen molar-refractivity contribution in [3.63, 3.8) is 0 Å². The Morgan fingerprint density at radius 1 is 0.879 bits per heavy atom. The molecule has 0 aliphatic carbocycles. The van der Waals surface area contributed by atoms with Gasteiger partial charge in [-0.05, 0) is 45.6 Å². The predicted octanol–water partition coefficient (Wildman–Crippen LogP) is 3.46. The number of benzene rings is 1. The Morgan fingerprint density at radius 3 is 2.03 bits per heavy atom. The number of hydrogen-bond donors (Lipinski definition) is 1. The molecule has 1 aromatic carbocycles. The molecule has 1 rings (SSSR count). The van der Waals surface area contributed by atoms with Crippen molar-refractivity contribution >= 4 is 24.0 Å². The highest BCUT2D eigenvalue weighted by Gasteiger charge is 2.58. The van der Waals surface area contributed by atoms with Gasteiger partial charge in [0.15, 0.2) is 0 Å². The second-order valence-corrected chi connectivity index (χ2v) is 7.23. The van der Waals surface area contributed by atoms with Crippen molar-refractivity contribution in [3.8, 4) is 0 Å². The Hall–Kier alpha value is -2.71. The molecule has 0 saturated carbocycles. The zero-order chi connectivity index (χ0) is 24.5. The van der Waals surface area contributed by atoms with Crippen LogP contribution >= 0.6 is 0 Å². The smallest absolute Gasteiger partial charge is 0.353 e. The van der Waals surface area contributed by atoms with Gasteiger partial charge in [0.2, 0.25) is 6.10 Å². The first-order valence-electron chi connectivity index (χ1n) is 11.5. The van der Waals surface area contributed by atoms with Crippen LogP contribution in [0.15, 0.2) is 36.4 Å². The van der Waals surface area contributed by atoms with Gasteiger partial charge in [-0.3, -0.25) is 0 Å². The van der Waals surface area contributed by atoms with Crippen LogP contribution in [-0.2, 0) is 33.3 Å². The number of unbranched alkanes of at least 4 members (excludes halogenated alkanes) is 4. The molecule has 0 radical (unpaired) electrons. The maximum atomic E-state index is 12.4. The van der Waals surface area contributed by atoms with E-state index >= 15 is 0 Å². The molecule has 0 amide bonds. The van der Waals surface area contributed by atoms with Crippen LogP contribution in [0.1, 0.15) is 58.4 Å². The van der Waals surface area contributed by atoms with Crippen LogP contribution in [-0.4, -0.2) is 61.1 Å². The number of esters is 3. The number of allylic oxidation sites excluding steroid dienone is 1. The normalized spacial score (nSPS) is 12.4. The molecule has 0 saturated heterocycles. The van der Waals surface area contributed by atoms with Gasteiger partial charge in [0, 0.05) is 6.61 Å². The highest BCUT2D eigenvalue weighted by atomic mass is 16.6. The van der Waals surface area contributed by atoms with Crippen LogP contribution in [0.2, 0.25) is 0 Å². The fraction of sp³-hybridized carbons (Fsp3) is 0.560. The maximum Gasteiger partial charge on any atom is 0.353 e. The molecule has 0 aromatic heterocycles. The third kappa shape index (κ3) is 9.35. The summed E-state index contributed by atoms with van der Waals surface area (Å²) in [7, 11) is 0. The van der Waals surface area contributed by atoms with E-state index in [2.05, 4.69) is 12.2 Å². The van der Waals surface area contributed by atoms with Gasteiger partial charge >= 0.3 is 17.9 Å². The molecule has 1 unspecified atom stereocenters. The van der Waals surface area contributed by atoms with Crippen molar-refractivity contribution < 1.29 is 38.4 Å². The quantitative estimate of drug-likeness (QED) is 0.171. The van der Waals surface area contributed by atoms with E-state index in [9.17, 15) is 19.5 Å². The van der Waals surface area contributed by atoms with Crippen molar-refractivity contribution in [2.24, 2.45) is 0 Å². The number of carbonyl (C=O) groups is 3. The number of carbonyl (C=O) groups excluding carboxylic acids is 3. The minimum atomic E-state index is -2.94. The summed E-state index contributed by atoms with van der Waals surface area (Å²) in [6, 6.07) is 10.1. The van der Waals surface area contributed by atoms with Crippen LogP contribution in [0.5, 0.6) is 0 Å². The molecule has 1 N–H and O–H groups in total. The molecule has 8 heteroatoms. The summed E-state index contributed by atoms with van der Waals surface area (Å²) in [6.45, 7) is 4.41. The van der Waals surface area contributed by atoms with E-state index in [0.29, 0.717) is 6.42 Å². The average Bonchev–Trinajstić information content (AvgIpc) is 2.81. The first-order valence-corrected chi connectivity index (χ1v) is 11.5. The van der Waals surface area contributed by atoms with Gasteiger partial charge < -0.3 is 24.1 Å². The molecule has 0 aliphatic heterocycles. The topological polar surface area (TPSA) is 108 Å². The molecule has 1 atom stereocenters. The minimum Gasteiger partial charge on any atom is -0.464 e. The van der Waals surface area contributed by atoms with Gasteiger partial charge in [0.1, 0.15) is 0 Å². The lowest BCUT2D eigenvalue weighted by molar-refractivity contribution is -0.208.